The van der Waals surface area contributed by atoms with Crippen LogP contribution in [0.5, 0.6) is 0 Å². The molecule has 8 unspecified atom stereocenters. The highest BCUT2D eigenvalue weighted by atomic mass is 16.4. The third-order valence-corrected chi connectivity index (χ3v) is 12.3. The predicted molar refractivity (Wildman–Crippen MR) is 140 cm³/mol. The van der Waals surface area contributed by atoms with Gasteiger partial charge in [0.1, 0.15) is 5.78 Å². The second kappa shape index (κ2) is 8.57. The van der Waals surface area contributed by atoms with Crippen LogP contribution >= 0.6 is 0 Å². The summed E-state index contributed by atoms with van der Waals surface area (Å²) in [6.45, 7) is 19.6. The van der Waals surface area contributed by atoms with Gasteiger partial charge in [0.2, 0.25) is 0 Å². The lowest BCUT2D eigenvalue weighted by molar-refractivity contribution is -0.135. The van der Waals surface area contributed by atoms with E-state index in [0.29, 0.717) is 18.3 Å². The topological polar surface area (TPSA) is 74.6 Å². The van der Waals surface area contributed by atoms with Crippen molar-refractivity contribution >= 4 is 11.8 Å². The smallest absolute Gasteiger partial charge is 0.331 e. The quantitative estimate of drug-likeness (QED) is 0.315. The van der Waals surface area contributed by atoms with Crippen LogP contribution in [0.25, 0.3) is 0 Å². The van der Waals surface area contributed by atoms with E-state index >= 15 is 0 Å². The minimum atomic E-state index is -1.08. The first-order valence-electron chi connectivity index (χ1n) is 14.0. The molecule has 0 aromatic heterocycles. The zero-order valence-electron chi connectivity index (χ0n) is 23.2. The number of rotatable bonds is 6. The first-order chi connectivity index (χ1) is 16.1. The van der Waals surface area contributed by atoms with Crippen LogP contribution in [-0.2, 0) is 9.59 Å². The number of aliphatic hydroxyl groups is 1. The number of Topliss-reactive ketones (excluding diaryl/α,β-unsaturated/α-hetero) is 1. The zero-order chi connectivity index (χ0) is 26.1. The summed E-state index contributed by atoms with van der Waals surface area (Å²) in [4.78, 5) is 24.3. The second-order valence-corrected chi connectivity index (χ2v) is 13.9. The van der Waals surface area contributed by atoms with Crippen LogP contribution in [0.3, 0.4) is 0 Å². The van der Waals surface area contributed by atoms with Gasteiger partial charge in [-0.15, -0.1) is 0 Å². The predicted octanol–water partition coefficient (Wildman–Crippen LogP) is 6.97. The third kappa shape index (κ3) is 3.71. The Morgan fingerprint density at radius 1 is 0.971 bits per heavy atom. The number of carboxylic acid groups (broad SMARTS) is 1. The number of allylic oxidation sites excluding steroid dienone is 2. The molecule has 2 saturated carbocycles. The Bertz CT molecular complexity index is 959. The van der Waals surface area contributed by atoms with Crippen molar-refractivity contribution in [2.24, 2.45) is 45.3 Å². The molecule has 8 atom stereocenters. The highest BCUT2D eigenvalue weighted by molar-refractivity contribution is 5.96. The van der Waals surface area contributed by atoms with E-state index in [4.69, 9.17) is 0 Å². The van der Waals surface area contributed by atoms with Crippen molar-refractivity contribution in [3.63, 3.8) is 0 Å². The zero-order valence-corrected chi connectivity index (χ0v) is 23.2. The van der Waals surface area contributed by atoms with Gasteiger partial charge in [-0.2, -0.15) is 0 Å². The van der Waals surface area contributed by atoms with Crippen LogP contribution in [0.1, 0.15) is 106 Å². The average molecular weight is 485 g/mol. The van der Waals surface area contributed by atoms with Crippen molar-refractivity contribution in [2.75, 3.05) is 0 Å². The number of carbonyl (C=O) groups is 2. The van der Waals surface area contributed by atoms with E-state index in [1.165, 1.54) is 12.8 Å². The Balaban J connectivity index is 1.61. The molecule has 2 N–H and O–H groups in total. The maximum atomic E-state index is 13.0. The number of carboxylic acids is 1. The van der Waals surface area contributed by atoms with Gasteiger partial charge in [0.15, 0.2) is 0 Å². The van der Waals surface area contributed by atoms with Crippen molar-refractivity contribution in [3.8, 4) is 0 Å². The van der Waals surface area contributed by atoms with Crippen LogP contribution in [-0.4, -0.2) is 28.1 Å². The largest absolute Gasteiger partial charge is 0.478 e. The van der Waals surface area contributed by atoms with Gasteiger partial charge in [0.05, 0.1) is 6.10 Å². The van der Waals surface area contributed by atoms with Crippen LogP contribution in [0.15, 0.2) is 23.3 Å². The average Bonchev–Trinajstić information content (AvgIpc) is 3.07. The van der Waals surface area contributed by atoms with Crippen molar-refractivity contribution in [1.29, 1.82) is 0 Å². The number of hydrogen-bond acceptors (Lipinski definition) is 3. The normalized spacial score (nSPS) is 41.9. The number of fused-ring (bicyclic) bond motifs is 4. The first-order valence-corrected chi connectivity index (χ1v) is 14.0. The molecule has 0 aromatic rings. The van der Waals surface area contributed by atoms with Crippen LogP contribution in [0.2, 0.25) is 0 Å². The molecule has 0 saturated heterocycles. The van der Waals surface area contributed by atoms with Gasteiger partial charge in [-0.05, 0) is 90.8 Å². The standard InChI is InChI=1S/C31H48O4/c1-18(17-24(32)19(2)20(3)27(34)35)21-11-15-31(8)23-9-10-25-28(4,5)26(33)13-14-29(25,6)22(23)12-16-30(21,31)7/h18-19,21,25-26,33H,3,9-17H2,1-2,4-8H3,(H,34,35). The first kappa shape index (κ1) is 26.6. The van der Waals surface area contributed by atoms with Gasteiger partial charge in [-0.25, -0.2) is 4.79 Å². The summed E-state index contributed by atoms with van der Waals surface area (Å²) in [5.41, 5.74) is 3.89. The van der Waals surface area contributed by atoms with Crippen molar-refractivity contribution in [1.82, 2.24) is 0 Å². The van der Waals surface area contributed by atoms with E-state index in [9.17, 15) is 19.8 Å². The molecule has 0 aliphatic heterocycles. The van der Waals surface area contributed by atoms with Gasteiger partial charge in [-0.3, -0.25) is 4.79 Å². The van der Waals surface area contributed by atoms with Crippen LogP contribution < -0.4 is 0 Å². The van der Waals surface area contributed by atoms with Crippen molar-refractivity contribution in [2.45, 2.75) is 112 Å². The Morgan fingerprint density at radius 2 is 1.63 bits per heavy atom. The van der Waals surface area contributed by atoms with Crippen LogP contribution in [0.4, 0.5) is 0 Å². The third-order valence-electron chi connectivity index (χ3n) is 12.3. The molecular formula is C31H48O4. The Hall–Kier alpha value is -1.42. The molecule has 196 valence electrons. The van der Waals surface area contributed by atoms with Gasteiger partial charge in [0.25, 0.3) is 0 Å². The maximum absolute atomic E-state index is 13.0. The molecule has 0 amide bonds. The Labute approximate surface area is 212 Å². The van der Waals surface area contributed by atoms with Gasteiger partial charge < -0.3 is 10.2 Å². The number of hydrogen-bond donors (Lipinski definition) is 2. The van der Waals surface area contributed by atoms with Gasteiger partial charge in [-0.1, -0.05) is 66.2 Å². The number of carbonyl (C=O) groups excluding carboxylic acids is 1. The summed E-state index contributed by atoms with van der Waals surface area (Å²) >= 11 is 0. The lowest BCUT2D eigenvalue weighted by Crippen LogP contribution is -2.55. The monoisotopic (exact) mass is 484 g/mol. The molecule has 4 aliphatic carbocycles. The second-order valence-electron chi connectivity index (χ2n) is 13.9. The molecular weight excluding hydrogens is 436 g/mol. The van der Waals surface area contributed by atoms with Crippen molar-refractivity contribution < 1.29 is 19.8 Å². The molecule has 35 heavy (non-hydrogen) atoms. The Morgan fingerprint density at radius 3 is 2.26 bits per heavy atom. The van der Waals surface area contributed by atoms with E-state index in [0.717, 1.165) is 38.5 Å². The number of aliphatic hydroxyl groups excluding tert-OH is 1. The fourth-order valence-corrected chi connectivity index (χ4v) is 9.64. The summed E-state index contributed by atoms with van der Waals surface area (Å²) in [5, 5.41) is 20.1. The van der Waals surface area contributed by atoms with Gasteiger partial charge >= 0.3 is 5.97 Å². The maximum Gasteiger partial charge on any atom is 0.331 e. The van der Waals surface area contributed by atoms with E-state index in [1.54, 1.807) is 18.1 Å². The molecule has 0 heterocycles. The minimum Gasteiger partial charge on any atom is -0.478 e. The van der Waals surface area contributed by atoms with Crippen molar-refractivity contribution in [3.05, 3.63) is 23.3 Å². The lowest BCUT2D eigenvalue weighted by atomic mass is 9.43. The lowest BCUT2D eigenvalue weighted by Gasteiger charge is -2.62. The molecule has 2 fully saturated rings. The highest BCUT2D eigenvalue weighted by Gasteiger charge is 2.63. The fourth-order valence-electron chi connectivity index (χ4n) is 9.64. The summed E-state index contributed by atoms with van der Waals surface area (Å²) in [5.74, 6) is -0.469. The SMILES string of the molecule is C=C(C(=O)O)C(C)C(=O)CC(C)C1CCC2(C)C3=C(CCC12C)C1(C)CCC(O)C(C)(C)C1CC3. The number of aliphatic carboxylic acids is 1. The molecule has 4 nitrogen and oxygen atoms in total. The summed E-state index contributed by atoms with van der Waals surface area (Å²) in [6.07, 6.45) is 9.14. The van der Waals surface area contributed by atoms with Gasteiger partial charge in [0, 0.05) is 17.9 Å². The minimum absolute atomic E-state index is 0.00247. The van der Waals surface area contributed by atoms with Crippen LogP contribution in [0, 0.1) is 45.3 Å². The molecule has 4 aliphatic rings. The number of ketones is 1. The summed E-state index contributed by atoms with van der Waals surface area (Å²) in [6, 6.07) is 0. The van der Waals surface area contributed by atoms with E-state index in [-0.39, 0.29) is 45.0 Å². The fraction of sp³-hybridized carbons (Fsp3) is 0.806. The van der Waals surface area contributed by atoms with E-state index in [1.807, 2.05) is 0 Å². The van der Waals surface area contributed by atoms with E-state index in [2.05, 4.69) is 48.1 Å². The highest BCUT2D eigenvalue weighted by Crippen LogP contribution is 2.72. The molecule has 0 spiro atoms. The molecule has 4 rings (SSSR count). The molecule has 4 heteroatoms. The van der Waals surface area contributed by atoms with E-state index < -0.39 is 11.9 Å². The summed E-state index contributed by atoms with van der Waals surface area (Å²) in [7, 11) is 0. The summed E-state index contributed by atoms with van der Waals surface area (Å²) < 4.78 is 0. The molecule has 0 radical (unpaired) electrons. The molecule has 0 aromatic carbocycles. The molecule has 0 bridgehead atoms. The Kier molecular flexibility index (Phi) is 6.52.